The van der Waals surface area contributed by atoms with Crippen molar-refractivity contribution in [3.05, 3.63) is 59.2 Å². The summed E-state index contributed by atoms with van der Waals surface area (Å²) in [6.45, 7) is 11.8. The van der Waals surface area contributed by atoms with E-state index in [4.69, 9.17) is 9.16 Å². The van der Waals surface area contributed by atoms with Crippen molar-refractivity contribution < 1.29 is 27.1 Å². The second kappa shape index (κ2) is 10.3. The van der Waals surface area contributed by atoms with E-state index in [1.165, 1.54) is 30.2 Å². The number of benzene rings is 2. The van der Waals surface area contributed by atoms with Gasteiger partial charge in [-0.1, -0.05) is 45.9 Å². The van der Waals surface area contributed by atoms with Crippen LogP contribution in [-0.4, -0.2) is 33.5 Å². The number of rotatable bonds is 6. The zero-order valence-corrected chi connectivity index (χ0v) is 23.2. The molecule has 0 N–H and O–H groups in total. The van der Waals surface area contributed by atoms with Crippen molar-refractivity contribution in [2.75, 3.05) is 12.0 Å². The van der Waals surface area contributed by atoms with Crippen LogP contribution in [0.15, 0.2) is 42.5 Å². The Morgan fingerprint density at radius 1 is 1.11 bits per heavy atom. The molecule has 0 bridgehead atoms. The van der Waals surface area contributed by atoms with E-state index in [1.54, 1.807) is 31.2 Å². The van der Waals surface area contributed by atoms with Gasteiger partial charge in [0, 0.05) is 5.56 Å². The van der Waals surface area contributed by atoms with E-state index in [2.05, 4.69) is 6.07 Å². The second-order valence-electron chi connectivity index (χ2n) is 10.6. The lowest BCUT2D eigenvalue weighted by Crippen LogP contribution is -2.52. The SMILES string of the molecule is CCC(C#N)N1C(=O)C(O[Si](C)(C)C(C)(C)C)C(c2ccc(OC)cc2)=Cc2c1cccc2C(F)(F)F. The van der Waals surface area contributed by atoms with E-state index in [1.807, 2.05) is 33.9 Å². The monoisotopic (exact) mass is 530 g/mol. The van der Waals surface area contributed by atoms with E-state index in [9.17, 15) is 23.2 Å². The molecule has 0 saturated carbocycles. The maximum Gasteiger partial charge on any atom is 0.417 e. The lowest BCUT2D eigenvalue weighted by Gasteiger charge is -2.40. The van der Waals surface area contributed by atoms with Crippen LogP contribution in [0.4, 0.5) is 18.9 Å². The lowest BCUT2D eigenvalue weighted by molar-refractivity contribution is -0.137. The fourth-order valence-electron chi connectivity index (χ4n) is 4.03. The zero-order valence-electron chi connectivity index (χ0n) is 22.2. The molecule has 37 heavy (non-hydrogen) atoms. The number of nitriles is 1. The van der Waals surface area contributed by atoms with Gasteiger partial charge in [0.2, 0.25) is 0 Å². The van der Waals surface area contributed by atoms with E-state index in [-0.39, 0.29) is 22.7 Å². The Bertz CT molecular complexity index is 1230. The molecule has 2 unspecified atom stereocenters. The third-order valence-electron chi connectivity index (χ3n) is 7.18. The standard InChI is InChI=1S/C28H33F3N2O3Si/c1-8-19(17-32)33-24-11-9-10-23(28(29,30)31)22(24)16-21(18-12-14-20(35-5)15-13-18)25(26(33)34)36-37(6,7)27(2,3)4/h9-16,19,25H,8H2,1-7H3. The fourth-order valence-corrected chi connectivity index (χ4v) is 5.20. The summed E-state index contributed by atoms with van der Waals surface area (Å²) in [5.74, 6) is 0.0121. The number of methoxy groups -OCH3 is 1. The van der Waals surface area contributed by atoms with E-state index < -0.39 is 38.1 Å². The predicted molar refractivity (Wildman–Crippen MR) is 142 cm³/mol. The van der Waals surface area contributed by atoms with Crippen molar-refractivity contribution in [2.45, 2.75) is 70.6 Å². The maximum absolute atomic E-state index is 14.3. The number of hydrogen-bond acceptors (Lipinski definition) is 4. The largest absolute Gasteiger partial charge is 0.497 e. The first kappa shape index (κ1) is 28.5. The van der Waals surface area contributed by atoms with Crippen LogP contribution in [0.2, 0.25) is 18.1 Å². The summed E-state index contributed by atoms with van der Waals surface area (Å²) in [4.78, 5) is 15.5. The summed E-state index contributed by atoms with van der Waals surface area (Å²) >= 11 is 0. The van der Waals surface area contributed by atoms with Crippen molar-refractivity contribution in [1.82, 2.24) is 0 Å². The molecule has 0 fully saturated rings. The van der Waals surface area contributed by atoms with Gasteiger partial charge < -0.3 is 9.16 Å². The van der Waals surface area contributed by atoms with Gasteiger partial charge in [-0.3, -0.25) is 9.69 Å². The van der Waals surface area contributed by atoms with Crippen LogP contribution < -0.4 is 9.64 Å². The van der Waals surface area contributed by atoms with Gasteiger partial charge in [0.25, 0.3) is 5.91 Å². The number of ether oxygens (including phenoxy) is 1. The number of amides is 1. The van der Waals surface area contributed by atoms with E-state index in [0.29, 0.717) is 16.9 Å². The quantitative estimate of drug-likeness (QED) is 0.368. The predicted octanol–water partition coefficient (Wildman–Crippen LogP) is 7.29. The average Bonchev–Trinajstić information content (AvgIpc) is 2.93. The van der Waals surface area contributed by atoms with Crippen molar-refractivity contribution in [3.8, 4) is 11.8 Å². The van der Waals surface area contributed by atoms with Crippen LogP contribution >= 0.6 is 0 Å². The van der Waals surface area contributed by atoms with Crippen molar-refractivity contribution in [3.63, 3.8) is 0 Å². The molecule has 1 aliphatic rings. The third-order valence-corrected chi connectivity index (χ3v) is 11.6. The summed E-state index contributed by atoms with van der Waals surface area (Å²) in [6.07, 6.45) is -4.23. The molecule has 1 heterocycles. The number of alkyl halides is 3. The highest BCUT2D eigenvalue weighted by Crippen LogP contribution is 2.45. The van der Waals surface area contributed by atoms with E-state index in [0.717, 1.165) is 6.07 Å². The van der Waals surface area contributed by atoms with Crippen LogP contribution in [0.5, 0.6) is 5.75 Å². The first-order chi connectivity index (χ1) is 17.2. The minimum atomic E-state index is -4.67. The highest BCUT2D eigenvalue weighted by Gasteiger charge is 2.46. The van der Waals surface area contributed by atoms with Gasteiger partial charge in [0.05, 0.1) is 24.4 Å². The molecule has 1 amide bonds. The summed E-state index contributed by atoms with van der Waals surface area (Å²) in [5.41, 5.74) is -0.155. The molecule has 198 valence electrons. The summed E-state index contributed by atoms with van der Waals surface area (Å²) in [5, 5.41) is 9.62. The number of halogens is 3. The molecule has 5 nitrogen and oxygen atoms in total. The molecule has 0 aromatic heterocycles. The summed E-state index contributed by atoms with van der Waals surface area (Å²) in [7, 11) is -1.09. The summed E-state index contributed by atoms with van der Waals surface area (Å²) < 4.78 is 54.5. The number of fused-ring (bicyclic) bond motifs is 1. The van der Waals surface area contributed by atoms with Gasteiger partial charge in [0.1, 0.15) is 11.8 Å². The highest BCUT2D eigenvalue weighted by atomic mass is 28.4. The molecule has 1 aliphatic heterocycles. The first-order valence-corrected chi connectivity index (χ1v) is 15.0. The Morgan fingerprint density at radius 3 is 2.22 bits per heavy atom. The van der Waals surface area contributed by atoms with Crippen molar-refractivity contribution in [2.24, 2.45) is 0 Å². The normalized spacial score (nSPS) is 17.4. The zero-order chi connectivity index (χ0) is 27.8. The average molecular weight is 531 g/mol. The number of nitrogens with zero attached hydrogens (tertiary/aromatic N) is 2. The topological polar surface area (TPSA) is 62.6 Å². The van der Waals surface area contributed by atoms with Crippen molar-refractivity contribution >= 4 is 31.6 Å². The van der Waals surface area contributed by atoms with Gasteiger partial charge in [-0.05, 0) is 66.0 Å². The minimum Gasteiger partial charge on any atom is -0.497 e. The number of anilines is 1. The maximum atomic E-state index is 14.3. The first-order valence-electron chi connectivity index (χ1n) is 12.1. The summed E-state index contributed by atoms with van der Waals surface area (Å²) in [6, 6.07) is 11.6. The Hall–Kier alpha value is -3.09. The van der Waals surface area contributed by atoms with Gasteiger partial charge in [-0.25, -0.2) is 0 Å². The Kier molecular flexibility index (Phi) is 7.96. The molecule has 3 rings (SSSR count). The molecule has 0 spiro atoms. The van der Waals surface area contributed by atoms with Crippen LogP contribution in [0.3, 0.4) is 0 Å². The number of carbonyl (C=O) groups is 1. The third kappa shape index (κ3) is 5.60. The lowest BCUT2D eigenvalue weighted by atomic mass is 9.96. The molecule has 0 saturated heterocycles. The smallest absolute Gasteiger partial charge is 0.417 e. The van der Waals surface area contributed by atoms with E-state index >= 15 is 0 Å². The molecular formula is C28H33F3N2O3Si. The van der Waals surface area contributed by atoms with Crippen molar-refractivity contribution in [1.29, 1.82) is 5.26 Å². The number of carbonyl (C=O) groups excluding carboxylic acids is 1. The molecule has 9 heteroatoms. The molecular weight excluding hydrogens is 497 g/mol. The van der Waals surface area contributed by atoms with Crippen LogP contribution in [0, 0.1) is 11.3 Å². The van der Waals surface area contributed by atoms with Crippen LogP contribution in [0.1, 0.15) is 50.8 Å². The van der Waals surface area contributed by atoms with Gasteiger partial charge in [0.15, 0.2) is 14.4 Å². The Labute approximate surface area is 217 Å². The molecule has 2 atom stereocenters. The van der Waals surface area contributed by atoms with Crippen LogP contribution in [-0.2, 0) is 15.4 Å². The molecule has 0 radical (unpaired) electrons. The minimum absolute atomic E-state index is 0.0422. The molecule has 2 aromatic carbocycles. The van der Waals surface area contributed by atoms with Gasteiger partial charge in [-0.15, -0.1) is 0 Å². The second-order valence-corrected chi connectivity index (χ2v) is 15.3. The molecule has 0 aliphatic carbocycles. The number of hydrogen-bond donors (Lipinski definition) is 0. The van der Waals surface area contributed by atoms with Gasteiger partial charge >= 0.3 is 6.18 Å². The highest BCUT2D eigenvalue weighted by molar-refractivity contribution is 6.74. The molecule has 2 aromatic rings. The Morgan fingerprint density at radius 2 is 1.73 bits per heavy atom. The van der Waals surface area contributed by atoms with Crippen LogP contribution in [0.25, 0.3) is 11.6 Å². The Balaban J connectivity index is 2.40. The fraction of sp³-hybridized carbons (Fsp3) is 0.429. The van der Waals surface area contributed by atoms with Gasteiger partial charge in [-0.2, -0.15) is 18.4 Å².